The molecular formula is C19H27F3N6O5S. The number of urea groups is 1. The molecule has 34 heavy (non-hydrogen) atoms. The minimum Gasteiger partial charge on any atom is -0.389 e. The summed E-state index contributed by atoms with van der Waals surface area (Å²) in [5.41, 5.74) is 0.226. The molecule has 0 unspecified atom stereocenters. The highest BCUT2D eigenvalue weighted by molar-refractivity contribution is 7.13. The maximum absolute atomic E-state index is 14.8. The predicted molar refractivity (Wildman–Crippen MR) is 121 cm³/mol. The van der Waals surface area contributed by atoms with Crippen LogP contribution in [0.1, 0.15) is 2.85 Å². The van der Waals surface area contributed by atoms with Crippen LogP contribution in [0, 0.1) is 5.82 Å². The molecule has 4 N–H and O–H groups in total. The molecule has 0 aliphatic carbocycles. The number of halogens is 3. The Bertz CT molecular complexity index is 981. The summed E-state index contributed by atoms with van der Waals surface area (Å²) in [6.45, 7) is -0.129. The zero-order valence-corrected chi connectivity index (χ0v) is 18.6. The van der Waals surface area contributed by atoms with Gasteiger partial charge in [-0.2, -0.15) is 8.78 Å². The van der Waals surface area contributed by atoms with Crippen LogP contribution in [0.4, 0.5) is 34.5 Å². The molecule has 11 nitrogen and oxygen atoms in total. The SMILES string of the molecule is O=C(NC[C@H](O)CN(O)c1ccc(N2CCON(C(=O)Nc3nccs3)CC2)c(F)c1)C(F)F.[HH].[HH]. The number of nitrogens with one attached hydrogen (secondary N) is 2. The number of thiazole rings is 1. The highest BCUT2D eigenvalue weighted by Crippen LogP contribution is 2.25. The van der Waals surface area contributed by atoms with E-state index in [9.17, 15) is 33.1 Å². The summed E-state index contributed by atoms with van der Waals surface area (Å²) in [7, 11) is 0. The summed E-state index contributed by atoms with van der Waals surface area (Å²) in [4.78, 5) is 34.2. The third-order valence-corrected chi connectivity index (χ3v) is 5.41. The third-order valence-electron chi connectivity index (χ3n) is 4.72. The van der Waals surface area contributed by atoms with Crippen LogP contribution in [-0.2, 0) is 9.63 Å². The highest BCUT2D eigenvalue weighted by atomic mass is 32.1. The smallest absolute Gasteiger partial charge is 0.347 e. The fourth-order valence-corrected chi connectivity index (χ4v) is 3.59. The highest BCUT2D eigenvalue weighted by Gasteiger charge is 2.23. The van der Waals surface area contributed by atoms with Gasteiger partial charge in [-0.3, -0.25) is 25.2 Å². The molecule has 0 radical (unpaired) electrons. The number of nitrogens with zero attached hydrogens (tertiary/aromatic N) is 4. The van der Waals surface area contributed by atoms with Crippen LogP contribution in [-0.4, -0.2) is 84.2 Å². The Morgan fingerprint density at radius 3 is 2.79 bits per heavy atom. The molecule has 1 aromatic heterocycles. The average molecular weight is 509 g/mol. The van der Waals surface area contributed by atoms with Gasteiger partial charge < -0.3 is 15.3 Å². The van der Waals surface area contributed by atoms with Crippen molar-refractivity contribution in [1.82, 2.24) is 15.4 Å². The fourth-order valence-electron chi connectivity index (χ4n) is 3.07. The number of aliphatic hydroxyl groups excluding tert-OH is 1. The molecule has 1 fully saturated rings. The van der Waals surface area contributed by atoms with Gasteiger partial charge in [0.15, 0.2) is 5.13 Å². The van der Waals surface area contributed by atoms with Crippen molar-refractivity contribution in [3.63, 3.8) is 0 Å². The van der Waals surface area contributed by atoms with E-state index >= 15 is 0 Å². The number of hydroxylamine groups is 3. The summed E-state index contributed by atoms with van der Waals surface area (Å²) in [6, 6.07) is 3.37. The molecular weight excluding hydrogens is 481 g/mol. The first-order chi connectivity index (χ1) is 16.2. The van der Waals surface area contributed by atoms with Gasteiger partial charge in [-0.25, -0.2) is 19.2 Å². The number of carbonyl (C=O) groups excluding carboxylic acids is 2. The zero-order valence-electron chi connectivity index (χ0n) is 17.7. The van der Waals surface area contributed by atoms with E-state index in [1.165, 1.54) is 23.5 Å². The number of alkyl halides is 2. The second-order valence-electron chi connectivity index (χ2n) is 7.11. The molecule has 0 spiro atoms. The lowest BCUT2D eigenvalue weighted by atomic mass is 10.2. The van der Waals surface area contributed by atoms with E-state index in [-0.39, 0.29) is 33.9 Å². The molecule has 3 rings (SSSR count). The van der Waals surface area contributed by atoms with Crippen LogP contribution in [0.15, 0.2) is 29.8 Å². The van der Waals surface area contributed by atoms with Crippen LogP contribution in [0.2, 0.25) is 0 Å². The molecule has 1 saturated heterocycles. The first-order valence-electron chi connectivity index (χ1n) is 10.1. The first kappa shape index (κ1) is 25.5. The van der Waals surface area contributed by atoms with Gasteiger partial charge in [0, 0.05) is 40.1 Å². The molecule has 0 bridgehead atoms. The monoisotopic (exact) mass is 508 g/mol. The van der Waals surface area contributed by atoms with Gasteiger partial charge in [0.2, 0.25) is 0 Å². The molecule has 2 heterocycles. The number of hydrogen-bond donors (Lipinski definition) is 4. The van der Waals surface area contributed by atoms with Crippen molar-refractivity contribution in [2.24, 2.45) is 0 Å². The van der Waals surface area contributed by atoms with E-state index < -0.39 is 43.4 Å². The van der Waals surface area contributed by atoms with Gasteiger partial charge in [0.1, 0.15) is 5.82 Å². The van der Waals surface area contributed by atoms with Crippen molar-refractivity contribution in [1.29, 1.82) is 0 Å². The summed E-state index contributed by atoms with van der Waals surface area (Å²) in [6.07, 6.45) is -3.04. The van der Waals surface area contributed by atoms with Gasteiger partial charge in [-0.15, -0.1) is 11.3 Å². The van der Waals surface area contributed by atoms with Gasteiger partial charge in [0.05, 0.1) is 37.2 Å². The lowest BCUT2D eigenvalue weighted by Crippen LogP contribution is -2.41. The third kappa shape index (κ3) is 6.93. The number of anilines is 3. The van der Waals surface area contributed by atoms with Gasteiger partial charge in [-0.05, 0) is 12.1 Å². The van der Waals surface area contributed by atoms with Gasteiger partial charge in [0.25, 0.3) is 5.91 Å². The number of aliphatic hydroxyl groups is 1. The van der Waals surface area contributed by atoms with Crippen molar-refractivity contribution in [3.8, 4) is 0 Å². The minimum absolute atomic E-state index is 0. The lowest BCUT2D eigenvalue weighted by Gasteiger charge is -2.25. The van der Waals surface area contributed by atoms with E-state index in [2.05, 4.69) is 10.3 Å². The number of carbonyl (C=O) groups is 2. The van der Waals surface area contributed by atoms with Crippen molar-refractivity contribution >= 4 is 39.8 Å². The van der Waals surface area contributed by atoms with Crippen molar-refractivity contribution in [3.05, 3.63) is 35.6 Å². The number of amides is 3. The standard InChI is InChI=1S/C19H23F3N6O5S.2H2/c20-14-9-12(27(32)11-13(29)10-24-17(30)16(21)22)1-2-15(14)26-4-5-28(33-7-6-26)19(31)25-18-23-3-8-34-18;;/h1-3,8-9,13,16,29,32H,4-7,10-11H2,(H,24,30)(H,23,25,31);2*1H/t13-;;/m0../s1. The molecule has 1 aromatic carbocycles. The van der Waals surface area contributed by atoms with Crippen LogP contribution in [0.25, 0.3) is 0 Å². The Kier molecular flexibility index (Phi) is 8.86. The molecule has 15 heteroatoms. The molecule has 0 saturated carbocycles. The number of rotatable bonds is 8. The summed E-state index contributed by atoms with van der Waals surface area (Å²) >= 11 is 1.26. The Hall–Kier alpha value is -3.14. The lowest BCUT2D eigenvalue weighted by molar-refractivity contribution is -0.132. The maximum Gasteiger partial charge on any atom is 0.347 e. The molecule has 3 amide bonds. The van der Waals surface area contributed by atoms with E-state index in [1.807, 2.05) is 5.32 Å². The topological polar surface area (TPSA) is 130 Å². The number of benzene rings is 1. The van der Waals surface area contributed by atoms with E-state index in [4.69, 9.17) is 4.84 Å². The Morgan fingerprint density at radius 1 is 1.32 bits per heavy atom. The quantitative estimate of drug-likeness (QED) is 0.399. The van der Waals surface area contributed by atoms with Crippen LogP contribution in [0.3, 0.4) is 0 Å². The van der Waals surface area contributed by atoms with Crippen LogP contribution < -0.4 is 20.6 Å². The van der Waals surface area contributed by atoms with Crippen molar-refractivity contribution in [2.75, 3.05) is 54.6 Å². The van der Waals surface area contributed by atoms with Crippen LogP contribution >= 0.6 is 11.3 Å². The molecule has 190 valence electrons. The maximum atomic E-state index is 14.8. The normalized spacial score (nSPS) is 15.1. The second kappa shape index (κ2) is 11.8. The predicted octanol–water partition coefficient (Wildman–Crippen LogP) is 2.00. The first-order valence-corrected chi connectivity index (χ1v) is 11.0. The summed E-state index contributed by atoms with van der Waals surface area (Å²) in [5, 5.41) is 28.1. The largest absolute Gasteiger partial charge is 0.389 e. The fraction of sp³-hybridized carbons (Fsp3) is 0.421. The van der Waals surface area contributed by atoms with E-state index in [0.717, 1.165) is 11.1 Å². The second-order valence-corrected chi connectivity index (χ2v) is 8.00. The average Bonchev–Trinajstić information content (AvgIpc) is 3.18. The molecule has 1 aliphatic rings. The van der Waals surface area contributed by atoms with E-state index in [0.29, 0.717) is 16.7 Å². The molecule has 1 atom stereocenters. The summed E-state index contributed by atoms with van der Waals surface area (Å²) < 4.78 is 39.1. The molecule has 1 aliphatic heterocycles. The number of hydrogen-bond acceptors (Lipinski definition) is 9. The number of aromatic nitrogens is 1. The van der Waals surface area contributed by atoms with Crippen molar-refractivity contribution < 1.29 is 40.8 Å². The minimum atomic E-state index is -3.22. The van der Waals surface area contributed by atoms with Gasteiger partial charge >= 0.3 is 12.5 Å². The Morgan fingerprint density at radius 2 is 2.12 bits per heavy atom. The van der Waals surface area contributed by atoms with E-state index in [1.54, 1.807) is 16.5 Å². The zero-order chi connectivity index (χ0) is 24.7. The Balaban J connectivity index is 0.00000324. The summed E-state index contributed by atoms with van der Waals surface area (Å²) in [5.74, 6) is -2.21. The Labute approximate surface area is 199 Å². The van der Waals surface area contributed by atoms with Gasteiger partial charge in [-0.1, -0.05) is 0 Å². The van der Waals surface area contributed by atoms with Crippen LogP contribution in [0.5, 0.6) is 0 Å². The van der Waals surface area contributed by atoms with Crippen molar-refractivity contribution in [2.45, 2.75) is 12.5 Å². The molecule has 2 aromatic rings.